The number of aryl methyl sites for hydroxylation is 1. The molecule has 1 heterocycles. The second-order valence-electron chi connectivity index (χ2n) is 3.34. The quantitative estimate of drug-likeness (QED) is 0.776. The van der Waals surface area contributed by atoms with Crippen LogP contribution in [-0.4, -0.2) is 17.7 Å². The van der Waals surface area contributed by atoms with Crippen molar-refractivity contribution < 1.29 is 14.6 Å². The van der Waals surface area contributed by atoms with Crippen molar-refractivity contribution in [1.29, 1.82) is 0 Å². The molecular weight excluding hydrogens is 224 g/mol. The largest absolute Gasteiger partial charge is 0.488 e. The molecule has 0 aliphatic heterocycles. The van der Waals surface area contributed by atoms with Crippen LogP contribution in [0.5, 0.6) is 5.75 Å². The number of thiophene rings is 1. The smallest absolute Gasteiger partial charge is 0.349 e. The standard InChI is InChI=1S/C12H16O3S/c1-3-5-7-15-10-8-9(6-4-2)16-11(10)12(13)14/h3,5,8H,4,6-7H2,1-2H3,(H,13,14). The Morgan fingerprint density at radius 3 is 2.94 bits per heavy atom. The Balaban J connectivity index is 2.82. The second-order valence-corrected chi connectivity index (χ2v) is 4.48. The molecule has 0 saturated heterocycles. The number of hydrogen-bond acceptors (Lipinski definition) is 3. The van der Waals surface area contributed by atoms with Gasteiger partial charge in [-0.25, -0.2) is 4.79 Å². The maximum atomic E-state index is 11.0. The van der Waals surface area contributed by atoms with E-state index < -0.39 is 5.97 Å². The van der Waals surface area contributed by atoms with Gasteiger partial charge in [0.05, 0.1) is 0 Å². The van der Waals surface area contributed by atoms with E-state index in [1.165, 1.54) is 11.3 Å². The van der Waals surface area contributed by atoms with Gasteiger partial charge in [0, 0.05) is 4.88 Å². The third kappa shape index (κ3) is 3.38. The first-order valence-electron chi connectivity index (χ1n) is 5.29. The number of rotatable bonds is 6. The highest BCUT2D eigenvalue weighted by Gasteiger charge is 2.15. The topological polar surface area (TPSA) is 46.5 Å². The minimum absolute atomic E-state index is 0.299. The Hall–Kier alpha value is -1.29. The van der Waals surface area contributed by atoms with Crippen molar-refractivity contribution in [2.45, 2.75) is 26.7 Å². The van der Waals surface area contributed by atoms with Crippen LogP contribution < -0.4 is 4.74 Å². The lowest BCUT2D eigenvalue weighted by Crippen LogP contribution is -1.99. The molecule has 1 rings (SSSR count). The molecule has 88 valence electrons. The van der Waals surface area contributed by atoms with Crippen molar-refractivity contribution in [3.8, 4) is 5.75 Å². The molecule has 1 N–H and O–H groups in total. The molecule has 0 spiro atoms. The van der Waals surface area contributed by atoms with Gasteiger partial charge in [0.1, 0.15) is 12.4 Å². The van der Waals surface area contributed by atoms with Gasteiger partial charge < -0.3 is 9.84 Å². The molecule has 0 aliphatic rings. The minimum atomic E-state index is -0.914. The average molecular weight is 240 g/mol. The molecule has 3 nitrogen and oxygen atoms in total. The van der Waals surface area contributed by atoms with Gasteiger partial charge in [0.25, 0.3) is 0 Å². The number of carbonyl (C=O) groups is 1. The summed E-state index contributed by atoms with van der Waals surface area (Å²) in [6.45, 7) is 4.39. The summed E-state index contributed by atoms with van der Waals surface area (Å²) in [5.74, 6) is -0.429. The van der Waals surface area contributed by atoms with Crippen molar-refractivity contribution >= 4 is 17.3 Å². The van der Waals surface area contributed by atoms with Gasteiger partial charge >= 0.3 is 5.97 Å². The van der Waals surface area contributed by atoms with Gasteiger partial charge in [-0.15, -0.1) is 11.3 Å². The van der Waals surface area contributed by atoms with E-state index in [1.54, 1.807) is 0 Å². The highest BCUT2D eigenvalue weighted by molar-refractivity contribution is 7.14. The number of allylic oxidation sites excluding steroid dienone is 1. The summed E-state index contributed by atoms with van der Waals surface area (Å²) in [6.07, 6.45) is 5.63. The van der Waals surface area contributed by atoms with Crippen LogP contribution in [0.2, 0.25) is 0 Å². The van der Waals surface area contributed by atoms with Crippen LogP contribution in [0.15, 0.2) is 18.2 Å². The number of ether oxygens (including phenoxy) is 1. The number of carboxylic acid groups (broad SMARTS) is 1. The summed E-state index contributed by atoms with van der Waals surface area (Å²) in [5, 5.41) is 9.02. The van der Waals surface area contributed by atoms with E-state index in [-0.39, 0.29) is 0 Å². The van der Waals surface area contributed by atoms with Gasteiger partial charge in [-0.1, -0.05) is 25.5 Å². The van der Waals surface area contributed by atoms with Crippen LogP contribution in [0.1, 0.15) is 34.8 Å². The fourth-order valence-corrected chi connectivity index (χ4v) is 2.32. The predicted octanol–water partition coefficient (Wildman–Crippen LogP) is 3.35. The lowest BCUT2D eigenvalue weighted by Gasteiger charge is -2.00. The van der Waals surface area contributed by atoms with Gasteiger partial charge in [0.2, 0.25) is 0 Å². The molecule has 1 aromatic rings. The summed E-state index contributed by atoms with van der Waals surface area (Å²) in [7, 11) is 0. The van der Waals surface area contributed by atoms with Gasteiger partial charge in [-0.05, 0) is 19.4 Å². The van der Waals surface area contributed by atoms with Crippen molar-refractivity contribution in [2.24, 2.45) is 0 Å². The number of hydrogen-bond donors (Lipinski definition) is 1. The minimum Gasteiger partial charge on any atom is -0.488 e. The van der Waals surface area contributed by atoms with Crippen molar-refractivity contribution in [1.82, 2.24) is 0 Å². The van der Waals surface area contributed by atoms with Crippen LogP contribution >= 0.6 is 11.3 Å². The summed E-state index contributed by atoms with van der Waals surface area (Å²) in [4.78, 5) is 12.3. The monoisotopic (exact) mass is 240 g/mol. The molecular formula is C12H16O3S. The molecule has 0 bridgehead atoms. The Morgan fingerprint density at radius 1 is 1.62 bits per heavy atom. The average Bonchev–Trinajstić information content (AvgIpc) is 2.62. The van der Waals surface area contributed by atoms with E-state index in [0.29, 0.717) is 17.2 Å². The zero-order chi connectivity index (χ0) is 12.0. The van der Waals surface area contributed by atoms with E-state index in [0.717, 1.165) is 17.7 Å². The third-order valence-electron chi connectivity index (χ3n) is 2.01. The SMILES string of the molecule is CC=CCOc1cc(CCC)sc1C(=O)O. The van der Waals surface area contributed by atoms with Crippen LogP contribution in [0.4, 0.5) is 0 Å². The fourth-order valence-electron chi connectivity index (χ4n) is 1.28. The predicted molar refractivity (Wildman–Crippen MR) is 65.6 cm³/mol. The first kappa shape index (κ1) is 12.8. The molecule has 0 aliphatic carbocycles. The molecule has 0 saturated carbocycles. The van der Waals surface area contributed by atoms with Gasteiger partial charge in [-0.2, -0.15) is 0 Å². The molecule has 0 unspecified atom stereocenters. The first-order valence-corrected chi connectivity index (χ1v) is 6.10. The Bertz CT molecular complexity index is 380. The second kappa shape index (κ2) is 6.33. The summed E-state index contributed by atoms with van der Waals surface area (Å²) in [5.41, 5.74) is 0. The first-order chi connectivity index (χ1) is 7.69. The lowest BCUT2D eigenvalue weighted by atomic mass is 10.3. The van der Waals surface area contributed by atoms with E-state index in [9.17, 15) is 4.79 Å². The fraction of sp³-hybridized carbons (Fsp3) is 0.417. The van der Waals surface area contributed by atoms with Crippen LogP contribution in [0, 0.1) is 0 Å². The van der Waals surface area contributed by atoms with E-state index >= 15 is 0 Å². The van der Waals surface area contributed by atoms with Crippen LogP contribution in [-0.2, 0) is 6.42 Å². The molecule has 0 fully saturated rings. The lowest BCUT2D eigenvalue weighted by molar-refractivity contribution is 0.0698. The Morgan fingerprint density at radius 2 is 2.38 bits per heavy atom. The third-order valence-corrected chi connectivity index (χ3v) is 3.17. The van der Waals surface area contributed by atoms with E-state index in [4.69, 9.17) is 9.84 Å². The highest BCUT2D eigenvalue weighted by Crippen LogP contribution is 2.30. The molecule has 0 aromatic carbocycles. The van der Waals surface area contributed by atoms with E-state index in [1.807, 2.05) is 25.1 Å². The zero-order valence-corrected chi connectivity index (χ0v) is 10.3. The summed E-state index contributed by atoms with van der Waals surface area (Å²) in [6, 6.07) is 1.83. The molecule has 16 heavy (non-hydrogen) atoms. The van der Waals surface area contributed by atoms with Gasteiger partial charge in [0.15, 0.2) is 4.88 Å². The Labute approximate surface area is 99.4 Å². The van der Waals surface area contributed by atoms with Gasteiger partial charge in [-0.3, -0.25) is 0 Å². The maximum Gasteiger partial charge on any atom is 0.349 e. The molecule has 4 heteroatoms. The molecule has 1 aromatic heterocycles. The number of aromatic carboxylic acids is 1. The van der Waals surface area contributed by atoms with Crippen LogP contribution in [0.25, 0.3) is 0 Å². The van der Waals surface area contributed by atoms with E-state index in [2.05, 4.69) is 6.92 Å². The molecule has 0 atom stereocenters. The van der Waals surface area contributed by atoms with Crippen molar-refractivity contribution in [2.75, 3.05) is 6.61 Å². The summed E-state index contributed by atoms with van der Waals surface area (Å²) >= 11 is 1.30. The normalized spacial score (nSPS) is 10.9. The van der Waals surface area contributed by atoms with Crippen molar-refractivity contribution in [3.63, 3.8) is 0 Å². The molecule has 0 radical (unpaired) electrons. The zero-order valence-electron chi connectivity index (χ0n) is 9.53. The maximum absolute atomic E-state index is 11.0. The van der Waals surface area contributed by atoms with Crippen LogP contribution in [0.3, 0.4) is 0 Å². The number of carboxylic acids is 1. The molecule has 0 amide bonds. The Kier molecular flexibility index (Phi) is 5.05. The summed E-state index contributed by atoms with van der Waals surface area (Å²) < 4.78 is 5.41. The van der Waals surface area contributed by atoms with Crippen molar-refractivity contribution in [3.05, 3.63) is 28.0 Å². The highest BCUT2D eigenvalue weighted by atomic mass is 32.1.